The minimum Gasteiger partial charge on any atom is -0.486 e. The summed E-state index contributed by atoms with van der Waals surface area (Å²) in [7, 11) is 0. The second-order valence-electron chi connectivity index (χ2n) is 6.96. The van der Waals surface area contributed by atoms with Gasteiger partial charge in [0.2, 0.25) is 5.95 Å². The SMILES string of the molecule is CC(=O)C1=C(C)Nc2nc(-c3ccncc3)nn2C1c1ccc2c(c1)OCCO2. The molecule has 0 spiro atoms. The smallest absolute Gasteiger partial charge is 0.226 e. The second-order valence-corrected chi connectivity index (χ2v) is 6.96. The summed E-state index contributed by atoms with van der Waals surface area (Å²) in [6, 6.07) is 9.02. The number of anilines is 1. The molecule has 2 aliphatic rings. The fourth-order valence-corrected chi connectivity index (χ4v) is 3.77. The molecule has 1 unspecified atom stereocenters. The fraction of sp³-hybridized carbons (Fsp3) is 0.238. The van der Waals surface area contributed by atoms with E-state index in [1.807, 2.05) is 37.3 Å². The van der Waals surface area contributed by atoms with Crippen LogP contribution >= 0.6 is 0 Å². The minimum atomic E-state index is -0.414. The number of ketones is 1. The maximum atomic E-state index is 12.5. The van der Waals surface area contributed by atoms with E-state index >= 15 is 0 Å². The van der Waals surface area contributed by atoms with E-state index < -0.39 is 6.04 Å². The lowest BCUT2D eigenvalue weighted by Crippen LogP contribution is -2.28. The first-order valence-corrected chi connectivity index (χ1v) is 9.37. The first kappa shape index (κ1) is 17.4. The highest BCUT2D eigenvalue weighted by atomic mass is 16.6. The Morgan fingerprint density at radius 2 is 1.90 bits per heavy atom. The van der Waals surface area contributed by atoms with E-state index in [-0.39, 0.29) is 5.78 Å². The van der Waals surface area contributed by atoms with Crippen molar-refractivity contribution in [2.24, 2.45) is 0 Å². The molecule has 2 aromatic heterocycles. The van der Waals surface area contributed by atoms with Crippen molar-refractivity contribution in [1.29, 1.82) is 0 Å². The van der Waals surface area contributed by atoms with Crippen LogP contribution in [0.5, 0.6) is 11.5 Å². The number of hydrogen-bond donors (Lipinski definition) is 1. The molecule has 8 heteroatoms. The van der Waals surface area contributed by atoms with Crippen molar-refractivity contribution in [3.63, 3.8) is 0 Å². The molecule has 1 N–H and O–H groups in total. The molecule has 0 bridgehead atoms. The Labute approximate surface area is 167 Å². The molecular weight excluding hydrogens is 370 g/mol. The largest absolute Gasteiger partial charge is 0.486 e. The van der Waals surface area contributed by atoms with Crippen molar-refractivity contribution in [1.82, 2.24) is 19.7 Å². The number of nitrogens with one attached hydrogen (secondary N) is 1. The van der Waals surface area contributed by atoms with Crippen LogP contribution in [0, 0.1) is 0 Å². The number of hydrogen-bond acceptors (Lipinski definition) is 7. The Morgan fingerprint density at radius 1 is 1.14 bits per heavy atom. The van der Waals surface area contributed by atoms with Crippen LogP contribution in [0.25, 0.3) is 11.4 Å². The van der Waals surface area contributed by atoms with Crippen LogP contribution in [0.15, 0.2) is 54.0 Å². The first-order chi connectivity index (χ1) is 14.1. The zero-order chi connectivity index (χ0) is 20.0. The number of nitrogens with zero attached hydrogens (tertiary/aromatic N) is 4. The molecule has 0 saturated carbocycles. The number of Topliss-reactive ketones (excluding diaryl/α,β-unsaturated/α-hetero) is 1. The van der Waals surface area contributed by atoms with Crippen molar-refractivity contribution in [2.75, 3.05) is 18.5 Å². The quantitative estimate of drug-likeness (QED) is 0.736. The summed E-state index contributed by atoms with van der Waals surface area (Å²) in [6.45, 7) is 4.47. The molecule has 0 saturated heterocycles. The van der Waals surface area contributed by atoms with E-state index in [0.29, 0.717) is 42.1 Å². The molecule has 0 amide bonds. The number of ether oxygens (including phenoxy) is 2. The molecule has 5 rings (SSSR count). The van der Waals surface area contributed by atoms with E-state index in [1.165, 1.54) is 0 Å². The van der Waals surface area contributed by atoms with Gasteiger partial charge in [0, 0.05) is 29.2 Å². The molecule has 1 aromatic carbocycles. The van der Waals surface area contributed by atoms with Gasteiger partial charge in [-0.2, -0.15) is 4.98 Å². The number of allylic oxidation sites excluding steroid dienone is 2. The van der Waals surface area contributed by atoms with E-state index in [2.05, 4.69) is 15.3 Å². The molecule has 0 aliphatic carbocycles. The topological polar surface area (TPSA) is 91.2 Å². The first-order valence-electron chi connectivity index (χ1n) is 9.37. The molecule has 4 heterocycles. The van der Waals surface area contributed by atoms with Crippen molar-refractivity contribution >= 4 is 11.7 Å². The van der Waals surface area contributed by atoms with Gasteiger partial charge in [0.15, 0.2) is 23.1 Å². The van der Waals surface area contributed by atoms with E-state index in [4.69, 9.17) is 14.6 Å². The number of carbonyl (C=O) groups excluding carboxylic acids is 1. The summed E-state index contributed by atoms with van der Waals surface area (Å²) in [5.74, 6) is 2.50. The highest BCUT2D eigenvalue weighted by Gasteiger charge is 2.33. The normalized spacial score (nSPS) is 17.5. The van der Waals surface area contributed by atoms with Crippen molar-refractivity contribution in [3.05, 3.63) is 59.6 Å². The van der Waals surface area contributed by atoms with E-state index in [9.17, 15) is 4.79 Å². The molecule has 0 radical (unpaired) electrons. The lowest BCUT2D eigenvalue weighted by Gasteiger charge is -2.29. The van der Waals surface area contributed by atoms with Gasteiger partial charge in [0.05, 0.1) is 0 Å². The summed E-state index contributed by atoms with van der Waals surface area (Å²) < 4.78 is 13.1. The van der Waals surface area contributed by atoms with Crippen LogP contribution in [0.1, 0.15) is 25.5 Å². The van der Waals surface area contributed by atoms with Gasteiger partial charge in [-0.3, -0.25) is 9.78 Å². The Bertz CT molecular complexity index is 1140. The highest BCUT2D eigenvalue weighted by molar-refractivity contribution is 5.96. The van der Waals surface area contributed by atoms with Gasteiger partial charge in [-0.1, -0.05) is 6.07 Å². The van der Waals surface area contributed by atoms with Crippen molar-refractivity contribution in [3.8, 4) is 22.9 Å². The zero-order valence-corrected chi connectivity index (χ0v) is 16.0. The average molecular weight is 389 g/mol. The van der Waals surface area contributed by atoms with Gasteiger partial charge in [-0.15, -0.1) is 5.10 Å². The van der Waals surface area contributed by atoms with Gasteiger partial charge < -0.3 is 14.8 Å². The van der Waals surface area contributed by atoms with Gasteiger partial charge in [0.25, 0.3) is 0 Å². The van der Waals surface area contributed by atoms with Gasteiger partial charge in [0.1, 0.15) is 19.3 Å². The van der Waals surface area contributed by atoms with Crippen LogP contribution < -0.4 is 14.8 Å². The molecule has 2 aliphatic heterocycles. The second kappa shape index (κ2) is 6.73. The third-order valence-corrected chi connectivity index (χ3v) is 5.05. The van der Waals surface area contributed by atoms with Crippen LogP contribution in [0.2, 0.25) is 0 Å². The molecule has 3 aromatic rings. The minimum absolute atomic E-state index is 0.0264. The van der Waals surface area contributed by atoms with Gasteiger partial charge in [-0.05, 0) is 43.7 Å². The van der Waals surface area contributed by atoms with Gasteiger partial charge >= 0.3 is 0 Å². The standard InChI is InChI=1S/C21H19N5O3/c1-12-18(13(2)27)19(15-3-4-16-17(11-15)29-10-9-28-16)26-21(23-12)24-20(25-26)14-5-7-22-8-6-14/h3-8,11,19H,9-10H2,1-2H3,(H,23,24,25). The maximum Gasteiger partial charge on any atom is 0.226 e. The third kappa shape index (κ3) is 2.93. The number of carbonyl (C=O) groups is 1. The monoisotopic (exact) mass is 389 g/mol. The number of fused-ring (bicyclic) bond motifs is 2. The Kier molecular flexibility index (Phi) is 4.04. The number of benzene rings is 1. The summed E-state index contributed by atoms with van der Waals surface area (Å²) >= 11 is 0. The predicted molar refractivity (Wildman–Crippen MR) is 106 cm³/mol. The van der Waals surface area contributed by atoms with Crippen LogP contribution in [0.4, 0.5) is 5.95 Å². The number of aromatic nitrogens is 4. The lowest BCUT2D eigenvalue weighted by molar-refractivity contribution is -0.114. The highest BCUT2D eigenvalue weighted by Crippen LogP contribution is 2.40. The number of rotatable bonds is 3. The lowest BCUT2D eigenvalue weighted by atomic mass is 9.93. The summed E-state index contributed by atoms with van der Waals surface area (Å²) in [5.41, 5.74) is 3.14. The van der Waals surface area contributed by atoms with E-state index in [1.54, 1.807) is 24.0 Å². The molecule has 0 fully saturated rings. The van der Waals surface area contributed by atoms with Crippen molar-refractivity contribution < 1.29 is 14.3 Å². The van der Waals surface area contributed by atoms with Crippen molar-refractivity contribution in [2.45, 2.75) is 19.9 Å². The molecular formula is C21H19N5O3. The maximum absolute atomic E-state index is 12.5. The molecule has 146 valence electrons. The van der Waals surface area contributed by atoms with Crippen LogP contribution in [-0.4, -0.2) is 38.7 Å². The average Bonchev–Trinajstić information content (AvgIpc) is 3.16. The third-order valence-electron chi connectivity index (χ3n) is 5.05. The molecule has 8 nitrogen and oxygen atoms in total. The van der Waals surface area contributed by atoms with Crippen LogP contribution in [0.3, 0.4) is 0 Å². The Balaban J connectivity index is 1.66. The number of pyridine rings is 1. The fourth-order valence-electron chi connectivity index (χ4n) is 3.77. The molecule has 29 heavy (non-hydrogen) atoms. The van der Waals surface area contributed by atoms with Crippen LogP contribution in [-0.2, 0) is 4.79 Å². The van der Waals surface area contributed by atoms with E-state index in [0.717, 1.165) is 16.8 Å². The summed E-state index contributed by atoms with van der Waals surface area (Å²) in [6.07, 6.45) is 3.40. The van der Waals surface area contributed by atoms with Gasteiger partial charge in [-0.25, -0.2) is 4.68 Å². The molecule has 1 atom stereocenters. The Hall–Kier alpha value is -3.68. The Morgan fingerprint density at radius 3 is 2.66 bits per heavy atom. The predicted octanol–water partition coefficient (Wildman–Crippen LogP) is 2.99. The summed E-state index contributed by atoms with van der Waals surface area (Å²) in [4.78, 5) is 21.2. The zero-order valence-electron chi connectivity index (χ0n) is 16.0. The summed E-state index contributed by atoms with van der Waals surface area (Å²) in [5, 5.41) is 7.93.